The summed E-state index contributed by atoms with van der Waals surface area (Å²) in [6.07, 6.45) is 0. The van der Waals surface area contributed by atoms with E-state index < -0.39 is 14.9 Å². The Morgan fingerprint density at radius 3 is 2.45 bits per heavy atom. The Balaban J connectivity index is 2.81. The third kappa shape index (κ3) is 5.14. The number of hydrogen-bond donors (Lipinski definition) is 1. The van der Waals surface area contributed by atoms with Gasteiger partial charge < -0.3 is 4.74 Å². The highest BCUT2D eigenvalue weighted by Gasteiger charge is 2.22. The lowest BCUT2D eigenvalue weighted by atomic mass is 9.99. The molecule has 20 heavy (non-hydrogen) atoms. The van der Waals surface area contributed by atoms with Gasteiger partial charge in [-0.3, -0.25) is 10.1 Å². The Morgan fingerprint density at radius 1 is 1.35 bits per heavy atom. The topological polar surface area (TPSA) is 113 Å². The minimum Gasteiger partial charge on any atom is -0.486 e. The van der Waals surface area contributed by atoms with Crippen LogP contribution in [0.4, 0.5) is 5.69 Å². The summed E-state index contributed by atoms with van der Waals surface area (Å²) in [5.74, 6) is -0.399. The molecule has 0 aliphatic rings. The van der Waals surface area contributed by atoms with Crippen molar-refractivity contribution in [1.29, 1.82) is 0 Å². The lowest BCUT2D eigenvalue weighted by Crippen LogP contribution is -2.30. The average Bonchev–Trinajstić information content (AvgIpc) is 2.33. The van der Waals surface area contributed by atoms with Crippen LogP contribution in [-0.4, -0.2) is 25.7 Å². The van der Waals surface area contributed by atoms with Gasteiger partial charge in [0.05, 0.1) is 17.3 Å². The molecule has 0 fully saturated rings. The van der Waals surface area contributed by atoms with E-state index in [4.69, 9.17) is 9.88 Å². The molecule has 1 atom stereocenters. The first kappa shape index (κ1) is 16.4. The van der Waals surface area contributed by atoms with Gasteiger partial charge in [-0.15, -0.1) is 0 Å². The fraction of sp³-hybridized carbons (Fsp3) is 0.500. The van der Waals surface area contributed by atoms with Crippen LogP contribution in [-0.2, 0) is 10.0 Å². The number of nitrogens with two attached hydrogens (primary N) is 1. The van der Waals surface area contributed by atoms with Gasteiger partial charge in [0.15, 0.2) is 5.75 Å². The van der Waals surface area contributed by atoms with Gasteiger partial charge in [-0.25, -0.2) is 13.6 Å². The number of ether oxygens (including phenoxy) is 1. The van der Waals surface area contributed by atoms with Crippen molar-refractivity contribution in [3.05, 3.63) is 34.4 Å². The number of primary sulfonamides is 1. The second kappa shape index (κ2) is 6.67. The Hall–Kier alpha value is -1.67. The minimum atomic E-state index is -3.61. The van der Waals surface area contributed by atoms with Gasteiger partial charge in [0.25, 0.3) is 0 Å². The number of sulfonamides is 1. The molecule has 8 heteroatoms. The number of benzene rings is 1. The SMILES string of the molecule is CC(C)C(COc1ccccc1[N+](=O)[O-])CS(N)(=O)=O. The Kier molecular flexibility index (Phi) is 5.46. The first-order valence-corrected chi connectivity index (χ1v) is 7.79. The van der Waals surface area contributed by atoms with Crippen LogP contribution in [0, 0.1) is 22.0 Å². The summed E-state index contributed by atoms with van der Waals surface area (Å²) in [6.45, 7) is 3.75. The van der Waals surface area contributed by atoms with Gasteiger partial charge >= 0.3 is 5.69 Å². The number of para-hydroxylation sites is 2. The Morgan fingerprint density at radius 2 is 1.95 bits per heavy atom. The lowest BCUT2D eigenvalue weighted by Gasteiger charge is -2.20. The Bertz CT molecular complexity index is 571. The molecule has 0 spiro atoms. The molecule has 0 radical (unpaired) electrons. The summed E-state index contributed by atoms with van der Waals surface area (Å²) >= 11 is 0. The van der Waals surface area contributed by atoms with Gasteiger partial charge in [-0.1, -0.05) is 26.0 Å². The van der Waals surface area contributed by atoms with Crippen LogP contribution in [0.15, 0.2) is 24.3 Å². The molecule has 0 saturated heterocycles. The zero-order chi connectivity index (χ0) is 15.3. The maximum atomic E-state index is 11.1. The van der Waals surface area contributed by atoms with E-state index in [0.29, 0.717) is 0 Å². The summed E-state index contributed by atoms with van der Waals surface area (Å²) in [4.78, 5) is 10.3. The predicted octanol–water partition coefficient (Wildman–Crippen LogP) is 1.53. The maximum Gasteiger partial charge on any atom is 0.310 e. The highest BCUT2D eigenvalue weighted by atomic mass is 32.2. The predicted molar refractivity (Wildman–Crippen MR) is 74.9 cm³/mol. The molecule has 0 amide bonds. The van der Waals surface area contributed by atoms with Crippen molar-refractivity contribution in [2.45, 2.75) is 13.8 Å². The number of nitrogens with zero attached hydrogens (tertiary/aromatic N) is 1. The molecule has 0 heterocycles. The van der Waals surface area contributed by atoms with Crippen LogP contribution in [0.25, 0.3) is 0 Å². The first-order chi connectivity index (χ1) is 9.20. The molecule has 7 nitrogen and oxygen atoms in total. The van der Waals surface area contributed by atoms with Crippen LogP contribution >= 0.6 is 0 Å². The van der Waals surface area contributed by atoms with Crippen LogP contribution < -0.4 is 9.88 Å². The molecule has 0 aliphatic carbocycles. The van der Waals surface area contributed by atoms with Crippen LogP contribution in [0.5, 0.6) is 5.75 Å². The van der Waals surface area contributed by atoms with E-state index in [1.165, 1.54) is 18.2 Å². The fourth-order valence-electron chi connectivity index (χ4n) is 1.66. The molecule has 1 aromatic rings. The van der Waals surface area contributed by atoms with Crippen molar-refractivity contribution >= 4 is 15.7 Å². The van der Waals surface area contributed by atoms with Crippen LogP contribution in [0.3, 0.4) is 0 Å². The molecular weight excluding hydrogens is 284 g/mol. The van der Waals surface area contributed by atoms with E-state index >= 15 is 0 Å². The van der Waals surface area contributed by atoms with Gasteiger partial charge in [-0.2, -0.15) is 0 Å². The van der Waals surface area contributed by atoms with Crippen LogP contribution in [0.2, 0.25) is 0 Å². The molecular formula is C12H18N2O5S. The highest BCUT2D eigenvalue weighted by Crippen LogP contribution is 2.27. The molecule has 1 unspecified atom stereocenters. The fourth-order valence-corrected chi connectivity index (χ4v) is 2.74. The van der Waals surface area contributed by atoms with Gasteiger partial charge in [0.1, 0.15) is 0 Å². The van der Waals surface area contributed by atoms with Gasteiger partial charge in [0, 0.05) is 12.0 Å². The zero-order valence-electron chi connectivity index (χ0n) is 11.4. The number of hydrogen-bond acceptors (Lipinski definition) is 5. The largest absolute Gasteiger partial charge is 0.486 e. The average molecular weight is 302 g/mol. The second-order valence-corrected chi connectivity index (χ2v) is 6.53. The van der Waals surface area contributed by atoms with Gasteiger partial charge in [-0.05, 0) is 12.0 Å². The summed E-state index contributed by atoms with van der Waals surface area (Å²) in [6, 6.07) is 5.97. The molecule has 2 N–H and O–H groups in total. The van der Waals surface area contributed by atoms with E-state index in [-0.39, 0.29) is 35.6 Å². The first-order valence-electron chi connectivity index (χ1n) is 6.07. The molecule has 0 saturated carbocycles. The van der Waals surface area contributed by atoms with E-state index in [1.807, 2.05) is 13.8 Å². The quantitative estimate of drug-likeness (QED) is 0.606. The standard InChI is InChI=1S/C12H18N2O5S/c1-9(2)10(8-20(13,17)18)7-19-12-6-4-3-5-11(12)14(15)16/h3-6,9-10H,7-8H2,1-2H3,(H2,13,17,18). The normalized spacial score (nSPS) is 13.2. The number of rotatable bonds is 7. The molecule has 112 valence electrons. The maximum absolute atomic E-state index is 11.1. The van der Waals surface area contributed by atoms with E-state index in [1.54, 1.807) is 6.07 Å². The third-order valence-electron chi connectivity index (χ3n) is 2.90. The molecule has 0 aliphatic heterocycles. The van der Waals surface area contributed by atoms with Crippen molar-refractivity contribution < 1.29 is 18.1 Å². The summed E-state index contributed by atoms with van der Waals surface area (Å²) < 4.78 is 27.7. The third-order valence-corrected chi connectivity index (χ3v) is 3.80. The molecule has 1 rings (SSSR count). The van der Waals surface area contributed by atoms with Crippen molar-refractivity contribution in [3.8, 4) is 5.75 Å². The minimum absolute atomic E-state index is 0.0242. The smallest absolute Gasteiger partial charge is 0.310 e. The second-order valence-electron chi connectivity index (χ2n) is 4.87. The zero-order valence-corrected chi connectivity index (χ0v) is 12.2. The lowest BCUT2D eigenvalue weighted by molar-refractivity contribution is -0.385. The van der Waals surface area contributed by atoms with E-state index in [9.17, 15) is 18.5 Å². The summed E-state index contributed by atoms with van der Waals surface area (Å²) in [5.41, 5.74) is -0.148. The van der Waals surface area contributed by atoms with Crippen molar-refractivity contribution in [2.75, 3.05) is 12.4 Å². The van der Waals surface area contributed by atoms with E-state index in [0.717, 1.165) is 0 Å². The van der Waals surface area contributed by atoms with Gasteiger partial charge in [0.2, 0.25) is 10.0 Å². The molecule has 0 aromatic heterocycles. The Labute approximate surface area is 117 Å². The molecule has 0 bridgehead atoms. The van der Waals surface area contributed by atoms with Crippen molar-refractivity contribution in [1.82, 2.24) is 0 Å². The van der Waals surface area contributed by atoms with Crippen LogP contribution in [0.1, 0.15) is 13.8 Å². The number of nitro benzene ring substituents is 1. The summed E-state index contributed by atoms with van der Waals surface area (Å²) in [5, 5.41) is 15.9. The number of nitro groups is 1. The molecule has 1 aromatic carbocycles. The monoisotopic (exact) mass is 302 g/mol. The summed E-state index contributed by atoms with van der Waals surface area (Å²) in [7, 11) is -3.61. The highest BCUT2D eigenvalue weighted by molar-refractivity contribution is 7.89. The van der Waals surface area contributed by atoms with Crippen molar-refractivity contribution in [3.63, 3.8) is 0 Å². The van der Waals surface area contributed by atoms with E-state index in [2.05, 4.69) is 0 Å². The van der Waals surface area contributed by atoms with Crippen molar-refractivity contribution in [2.24, 2.45) is 17.0 Å².